The van der Waals surface area contributed by atoms with Crippen LogP contribution in [0.1, 0.15) is 57.4 Å². The normalized spacial score (nSPS) is 14.7. The van der Waals surface area contributed by atoms with Crippen LogP contribution in [-0.4, -0.2) is 50.0 Å². The van der Waals surface area contributed by atoms with Gasteiger partial charge in [-0.15, -0.1) is 0 Å². The number of anilines is 1. The molecule has 3 rings (SSSR count). The molecule has 1 atom stereocenters. The second-order valence-electron chi connectivity index (χ2n) is 9.67. The first kappa shape index (κ1) is 31.8. The smallest absolute Gasteiger partial charge is 0.243 e. The average molecular weight is 637 g/mol. The lowest BCUT2D eigenvalue weighted by molar-refractivity contribution is -0.141. The first-order chi connectivity index (χ1) is 18.4. The Labute approximate surface area is 250 Å². The molecule has 1 saturated carbocycles. The summed E-state index contributed by atoms with van der Waals surface area (Å²) in [4.78, 5) is 28.5. The number of halogens is 4. The highest BCUT2D eigenvalue weighted by Crippen LogP contribution is 2.31. The summed E-state index contributed by atoms with van der Waals surface area (Å²) >= 11 is 25.2. The molecule has 0 radical (unpaired) electrons. The van der Waals surface area contributed by atoms with E-state index in [1.807, 2.05) is 6.92 Å². The first-order valence-corrected chi connectivity index (χ1v) is 16.2. The quantitative estimate of drug-likeness (QED) is 0.280. The number of nitrogens with one attached hydrogen (secondary N) is 1. The molecule has 214 valence electrons. The number of benzene rings is 2. The Kier molecular flexibility index (Phi) is 11.6. The predicted molar refractivity (Wildman–Crippen MR) is 159 cm³/mol. The minimum Gasteiger partial charge on any atom is -0.352 e. The molecule has 39 heavy (non-hydrogen) atoms. The van der Waals surface area contributed by atoms with Gasteiger partial charge in [0.2, 0.25) is 21.8 Å². The summed E-state index contributed by atoms with van der Waals surface area (Å²) in [5, 5.41) is 4.44. The van der Waals surface area contributed by atoms with E-state index in [0.29, 0.717) is 27.1 Å². The zero-order chi connectivity index (χ0) is 28.7. The van der Waals surface area contributed by atoms with E-state index in [4.69, 9.17) is 46.4 Å². The molecule has 0 bridgehead atoms. The van der Waals surface area contributed by atoms with Crippen molar-refractivity contribution < 1.29 is 18.0 Å². The van der Waals surface area contributed by atoms with Gasteiger partial charge in [-0.2, -0.15) is 0 Å². The molecule has 7 nitrogen and oxygen atoms in total. The molecule has 0 aliphatic heterocycles. The molecule has 2 amide bonds. The minimum atomic E-state index is -3.72. The highest BCUT2D eigenvalue weighted by atomic mass is 35.5. The number of hydrogen-bond donors (Lipinski definition) is 1. The Bertz CT molecular complexity index is 1270. The Morgan fingerprint density at radius 1 is 1.03 bits per heavy atom. The summed E-state index contributed by atoms with van der Waals surface area (Å²) in [5.74, 6) is -0.533. The predicted octanol–water partition coefficient (Wildman–Crippen LogP) is 6.71. The van der Waals surface area contributed by atoms with Crippen molar-refractivity contribution in [2.75, 3.05) is 17.1 Å². The van der Waals surface area contributed by atoms with Gasteiger partial charge in [0.05, 0.1) is 17.0 Å². The molecule has 1 aliphatic rings. The monoisotopic (exact) mass is 635 g/mol. The molecule has 2 aromatic carbocycles. The molecule has 0 heterocycles. The van der Waals surface area contributed by atoms with Crippen molar-refractivity contribution in [3.05, 3.63) is 62.1 Å². The number of rotatable bonds is 12. The lowest BCUT2D eigenvalue weighted by Crippen LogP contribution is -2.51. The lowest BCUT2D eigenvalue weighted by Gasteiger charge is -2.32. The first-order valence-electron chi connectivity index (χ1n) is 12.9. The second kappa shape index (κ2) is 14.3. The van der Waals surface area contributed by atoms with Crippen LogP contribution >= 0.6 is 46.4 Å². The highest BCUT2D eigenvalue weighted by molar-refractivity contribution is 7.92. The third-order valence-corrected chi connectivity index (χ3v) is 9.25. The lowest BCUT2D eigenvalue weighted by atomic mass is 10.1. The third-order valence-electron chi connectivity index (χ3n) is 6.81. The summed E-state index contributed by atoms with van der Waals surface area (Å²) in [6.45, 7) is 1.89. The molecule has 2 aromatic rings. The Morgan fingerprint density at radius 3 is 2.26 bits per heavy atom. The van der Waals surface area contributed by atoms with Gasteiger partial charge >= 0.3 is 0 Å². The second-order valence-corrected chi connectivity index (χ2v) is 13.2. The SMILES string of the molecule is CC[C@H](C(=O)NC1CCCC1)N(Cc1c(Cl)cccc1Cl)C(=O)CCCN(c1cc(Cl)ccc1Cl)S(C)(=O)=O. The zero-order valence-electron chi connectivity index (χ0n) is 21.9. The van der Waals surface area contributed by atoms with Gasteiger partial charge in [-0.3, -0.25) is 13.9 Å². The van der Waals surface area contributed by atoms with Crippen molar-refractivity contribution >= 4 is 73.9 Å². The number of nitrogens with zero attached hydrogens (tertiary/aromatic N) is 2. The van der Waals surface area contributed by atoms with Crippen molar-refractivity contribution in [1.82, 2.24) is 10.2 Å². The van der Waals surface area contributed by atoms with Crippen LogP contribution in [-0.2, 0) is 26.2 Å². The van der Waals surface area contributed by atoms with Gasteiger partial charge in [-0.25, -0.2) is 8.42 Å². The van der Waals surface area contributed by atoms with E-state index in [1.165, 1.54) is 17.0 Å². The number of sulfonamides is 1. The molecule has 1 aliphatic carbocycles. The molecule has 0 unspecified atom stereocenters. The van der Waals surface area contributed by atoms with E-state index in [2.05, 4.69) is 5.32 Å². The summed E-state index contributed by atoms with van der Waals surface area (Å²) in [6, 6.07) is 9.00. The van der Waals surface area contributed by atoms with Gasteiger partial charge in [0, 0.05) is 46.2 Å². The largest absolute Gasteiger partial charge is 0.352 e. The maximum atomic E-state index is 13.6. The van der Waals surface area contributed by atoms with Crippen LogP contribution < -0.4 is 9.62 Å². The molecular weight excluding hydrogens is 604 g/mol. The van der Waals surface area contributed by atoms with Gasteiger partial charge in [0.1, 0.15) is 6.04 Å². The maximum Gasteiger partial charge on any atom is 0.243 e. The fourth-order valence-electron chi connectivity index (χ4n) is 4.80. The molecule has 0 aromatic heterocycles. The van der Waals surface area contributed by atoms with Crippen LogP contribution in [0, 0.1) is 0 Å². The fourth-order valence-corrected chi connectivity index (χ4v) is 6.72. The van der Waals surface area contributed by atoms with Crippen molar-refractivity contribution in [1.29, 1.82) is 0 Å². The topological polar surface area (TPSA) is 86.8 Å². The summed E-state index contributed by atoms with van der Waals surface area (Å²) in [6.07, 6.45) is 5.58. The maximum absolute atomic E-state index is 13.6. The average Bonchev–Trinajstić information content (AvgIpc) is 3.37. The van der Waals surface area contributed by atoms with E-state index < -0.39 is 16.1 Å². The number of hydrogen-bond acceptors (Lipinski definition) is 4. The molecule has 1 fully saturated rings. The number of carbonyl (C=O) groups is 2. The van der Waals surface area contributed by atoms with Crippen LogP contribution in [0.15, 0.2) is 36.4 Å². The third kappa shape index (κ3) is 8.64. The molecule has 0 saturated heterocycles. The summed E-state index contributed by atoms with van der Waals surface area (Å²) in [5.41, 5.74) is 0.783. The van der Waals surface area contributed by atoms with Crippen LogP contribution in [0.5, 0.6) is 0 Å². The zero-order valence-corrected chi connectivity index (χ0v) is 25.8. The van der Waals surface area contributed by atoms with Gasteiger partial charge in [0.25, 0.3) is 0 Å². The number of amides is 2. The van der Waals surface area contributed by atoms with Crippen molar-refractivity contribution in [3.8, 4) is 0 Å². The summed E-state index contributed by atoms with van der Waals surface area (Å²) < 4.78 is 26.3. The van der Waals surface area contributed by atoms with Crippen molar-refractivity contribution in [3.63, 3.8) is 0 Å². The number of carbonyl (C=O) groups excluding carboxylic acids is 2. The van der Waals surface area contributed by atoms with E-state index in [1.54, 1.807) is 24.3 Å². The Morgan fingerprint density at radius 2 is 1.67 bits per heavy atom. The summed E-state index contributed by atoms with van der Waals surface area (Å²) in [7, 11) is -3.72. The van der Waals surface area contributed by atoms with Gasteiger partial charge in [-0.1, -0.05) is 72.2 Å². The standard InChI is InChI=1S/C27H33Cl4N3O4S/c1-3-24(27(36)32-19-8-4-5-9-19)33(17-20-21(29)10-6-11-22(20)30)26(35)12-7-15-34(39(2,37)38)25-16-18(28)13-14-23(25)31/h6,10-11,13-14,16,19,24H,3-5,7-9,12,15,17H2,1-2H3,(H,32,36)/t24-/m1/s1. The minimum absolute atomic E-state index is 0.00358. The molecule has 12 heteroatoms. The van der Waals surface area contributed by atoms with Crippen LogP contribution in [0.25, 0.3) is 0 Å². The van der Waals surface area contributed by atoms with Gasteiger partial charge in [0.15, 0.2) is 0 Å². The molecule has 1 N–H and O–H groups in total. The fraction of sp³-hybridized carbons (Fsp3) is 0.481. The van der Waals surface area contributed by atoms with E-state index in [9.17, 15) is 18.0 Å². The van der Waals surface area contributed by atoms with Gasteiger partial charge in [-0.05, 0) is 56.0 Å². The van der Waals surface area contributed by atoms with Crippen molar-refractivity contribution in [2.45, 2.75) is 70.5 Å². The van der Waals surface area contributed by atoms with Crippen molar-refractivity contribution in [2.24, 2.45) is 0 Å². The highest BCUT2D eigenvalue weighted by Gasteiger charge is 2.31. The van der Waals surface area contributed by atoms with Crippen LogP contribution in [0.2, 0.25) is 20.1 Å². The van der Waals surface area contributed by atoms with Crippen LogP contribution in [0.3, 0.4) is 0 Å². The molecule has 0 spiro atoms. The molecular formula is C27H33Cl4N3O4S. The van der Waals surface area contributed by atoms with E-state index in [0.717, 1.165) is 36.2 Å². The van der Waals surface area contributed by atoms with Gasteiger partial charge < -0.3 is 10.2 Å². The van der Waals surface area contributed by atoms with E-state index >= 15 is 0 Å². The van der Waals surface area contributed by atoms with Crippen LogP contribution in [0.4, 0.5) is 5.69 Å². The van der Waals surface area contributed by atoms with E-state index in [-0.39, 0.29) is 54.5 Å². The Balaban J connectivity index is 1.82. The Hall–Kier alpha value is -1.71.